The summed E-state index contributed by atoms with van der Waals surface area (Å²) in [5.41, 5.74) is 5.41. The molecule has 138 valence electrons. The molecule has 0 aromatic heterocycles. The number of carbonyl (C=O) groups excluding carboxylic acids is 1. The number of hydrogen-bond acceptors (Lipinski definition) is 2. The van der Waals surface area contributed by atoms with Crippen molar-refractivity contribution >= 4 is 29.3 Å². The Morgan fingerprint density at radius 2 is 1.88 bits per heavy atom. The molecule has 0 saturated carbocycles. The van der Waals surface area contributed by atoms with Gasteiger partial charge in [-0.25, -0.2) is 0 Å². The van der Waals surface area contributed by atoms with Crippen LogP contribution in [0.4, 0.5) is 11.4 Å². The minimum atomic E-state index is 0.392. The first kappa shape index (κ1) is 20.3. The maximum atomic E-state index is 11.2. The van der Waals surface area contributed by atoms with Crippen molar-refractivity contribution in [3.8, 4) is 0 Å². The summed E-state index contributed by atoms with van der Waals surface area (Å²) in [4.78, 5) is 13.5. The number of aryl methyl sites for hydroxylation is 1. The Balaban J connectivity index is 2.70. The molecule has 0 aliphatic carbocycles. The van der Waals surface area contributed by atoms with Crippen molar-refractivity contribution in [2.75, 3.05) is 4.90 Å². The SMILES string of the molecule is CCC=C(CCCC)N(c1ccccc1CC=O)c1c(C)cccc1Cl. The van der Waals surface area contributed by atoms with Gasteiger partial charge in [0, 0.05) is 17.8 Å². The fraction of sp³-hybridized carbons (Fsp3) is 0.348. The lowest BCUT2D eigenvalue weighted by Gasteiger charge is -2.32. The Kier molecular flexibility index (Phi) is 7.93. The van der Waals surface area contributed by atoms with Gasteiger partial charge in [-0.15, -0.1) is 0 Å². The molecule has 0 bridgehead atoms. The maximum absolute atomic E-state index is 11.2. The van der Waals surface area contributed by atoms with Crippen LogP contribution in [0.25, 0.3) is 0 Å². The zero-order valence-electron chi connectivity index (χ0n) is 16.0. The normalized spacial score (nSPS) is 11.5. The number of nitrogens with zero attached hydrogens (tertiary/aromatic N) is 1. The number of carbonyl (C=O) groups is 1. The summed E-state index contributed by atoms with van der Waals surface area (Å²) in [6.45, 7) is 6.44. The minimum Gasteiger partial charge on any atom is -0.312 e. The van der Waals surface area contributed by atoms with E-state index in [2.05, 4.69) is 43.9 Å². The van der Waals surface area contributed by atoms with Crippen LogP contribution in [-0.2, 0) is 11.2 Å². The van der Waals surface area contributed by atoms with Gasteiger partial charge in [-0.05, 0) is 49.4 Å². The van der Waals surface area contributed by atoms with Gasteiger partial charge in [0.05, 0.1) is 10.7 Å². The lowest BCUT2D eigenvalue weighted by molar-refractivity contribution is -0.107. The van der Waals surface area contributed by atoms with Crippen LogP contribution in [0.1, 0.15) is 50.7 Å². The molecule has 3 heteroatoms. The van der Waals surface area contributed by atoms with Gasteiger partial charge >= 0.3 is 0 Å². The van der Waals surface area contributed by atoms with E-state index >= 15 is 0 Å². The lowest BCUT2D eigenvalue weighted by atomic mass is 10.0. The highest BCUT2D eigenvalue weighted by molar-refractivity contribution is 6.33. The molecule has 2 aromatic carbocycles. The van der Waals surface area contributed by atoms with E-state index in [0.29, 0.717) is 6.42 Å². The van der Waals surface area contributed by atoms with Crippen molar-refractivity contribution < 1.29 is 4.79 Å². The van der Waals surface area contributed by atoms with Crippen LogP contribution in [0.3, 0.4) is 0 Å². The van der Waals surface area contributed by atoms with Crippen molar-refractivity contribution in [1.29, 1.82) is 0 Å². The Morgan fingerprint density at radius 1 is 1.12 bits per heavy atom. The third-order valence-corrected chi connectivity index (χ3v) is 4.77. The topological polar surface area (TPSA) is 20.3 Å². The smallest absolute Gasteiger partial charge is 0.124 e. The van der Waals surface area contributed by atoms with Crippen LogP contribution in [0.5, 0.6) is 0 Å². The van der Waals surface area contributed by atoms with Crippen LogP contribution in [-0.4, -0.2) is 6.29 Å². The van der Waals surface area contributed by atoms with Gasteiger partial charge in [0.2, 0.25) is 0 Å². The van der Waals surface area contributed by atoms with Gasteiger partial charge in [0.1, 0.15) is 6.29 Å². The summed E-state index contributed by atoms with van der Waals surface area (Å²) in [7, 11) is 0. The first-order valence-corrected chi connectivity index (χ1v) is 9.77. The molecule has 2 rings (SSSR count). The molecule has 0 atom stereocenters. The average molecular weight is 370 g/mol. The van der Waals surface area contributed by atoms with Crippen LogP contribution in [0.15, 0.2) is 54.2 Å². The highest BCUT2D eigenvalue weighted by Crippen LogP contribution is 2.40. The quantitative estimate of drug-likeness (QED) is 0.443. The first-order valence-electron chi connectivity index (χ1n) is 9.39. The van der Waals surface area contributed by atoms with Gasteiger partial charge in [-0.3, -0.25) is 0 Å². The summed E-state index contributed by atoms with van der Waals surface area (Å²) in [6, 6.07) is 14.1. The van der Waals surface area contributed by atoms with E-state index in [4.69, 9.17) is 11.6 Å². The third kappa shape index (κ3) is 4.76. The molecular weight excluding hydrogens is 342 g/mol. The van der Waals surface area contributed by atoms with Crippen molar-refractivity contribution in [3.63, 3.8) is 0 Å². The molecule has 0 heterocycles. The van der Waals surface area contributed by atoms with Crippen LogP contribution in [0.2, 0.25) is 5.02 Å². The minimum absolute atomic E-state index is 0.392. The van der Waals surface area contributed by atoms with E-state index < -0.39 is 0 Å². The van der Waals surface area contributed by atoms with Crippen LogP contribution < -0.4 is 4.90 Å². The molecule has 0 aliphatic heterocycles. The van der Waals surface area contributed by atoms with E-state index in [1.54, 1.807) is 0 Å². The van der Waals surface area contributed by atoms with Crippen molar-refractivity contribution in [2.45, 2.75) is 52.9 Å². The Bertz CT molecular complexity index is 746. The monoisotopic (exact) mass is 369 g/mol. The number of unbranched alkanes of at least 4 members (excludes halogenated alkanes) is 1. The lowest BCUT2D eigenvalue weighted by Crippen LogP contribution is -2.20. The molecule has 0 amide bonds. The third-order valence-electron chi connectivity index (χ3n) is 4.46. The number of aldehydes is 1. The zero-order valence-corrected chi connectivity index (χ0v) is 16.7. The Morgan fingerprint density at radius 3 is 2.54 bits per heavy atom. The van der Waals surface area contributed by atoms with Gasteiger partial charge < -0.3 is 9.69 Å². The molecule has 26 heavy (non-hydrogen) atoms. The fourth-order valence-corrected chi connectivity index (χ4v) is 3.52. The summed E-state index contributed by atoms with van der Waals surface area (Å²) in [6.07, 6.45) is 7.80. The molecule has 0 radical (unpaired) electrons. The summed E-state index contributed by atoms with van der Waals surface area (Å²) < 4.78 is 0. The Labute approximate surface area is 162 Å². The second kappa shape index (κ2) is 10.2. The zero-order chi connectivity index (χ0) is 18.9. The molecule has 0 saturated heterocycles. The number of halogens is 1. The largest absolute Gasteiger partial charge is 0.312 e. The number of para-hydroxylation sites is 2. The second-order valence-electron chi connectivity index (χ2n) is 6.45. The van der Waals surface area contributed by atoms with Crippen LogP contribution in [0, 0.1) is 6.92 Å². The van der Waals surface area contributed by atoms with Gasteiger partial charge in [0.25, 0.3) is 0 Å². The van der Waals surface area contributed by atoms with E-state index in [9.17, 15) is 4.79 Å². The van der Waals surface area contributed by atoms with Crippen molar-refractivity contribution in [1.82, 2.24) is 0 Å². The maximum Gasteiger partial charge on any atom is 0.124 e. The van der Waals surface area contributed by atoms with E-state index in [-0.39, 0.29) is 0 Å². The highest BCUT2D eigenvalue weighted by atomic mass is 35.5. The molecule has 2 nitrogen and oxygen atoms in total. The number of hydrogen-bond donors (Lipinski definition) is 0. The first-order chi connectivity index (χ1) is 12.6. The second-order valence-corrected chi connectivity index (χ2v) is 6.85. The highest BCUT2D eigenvalue weighted by Gasteiger charge is 2.21. The van der Waals surface area contributed by atoms with Gasteiger partial charge in [-0.1, -0.05) is 68.3 Å². The average Bonchev–Trinajstić information content (AvgIpc) is 2.63. The Hall–Kier alpha value is -2.06. The standard InChI is InChI=1S/C23H28ClNO/c1-4-6-13-20(10-5-2)25(23-18(3)11-9-14-21(23)24)22-15-8-7-12-19(22)16-17-26/h7-12,14-15,17H,4-6,13,16H2,1-3H3. The number of benzene rings is 2. The molecule has 0 spiro atoms. The number of allylic oxidation sites excluding steroid dienone is 2. The molecular formula is C23H28ClNO. The summed E-state index contributed by atoms with van der Waals surface area (Å²) in [5, 5.41) is 0.726. The van der Waals surface area contributed by atoms with Crippen molar-refractivity contribution in [3.05, 3.63) is 70.4 Å². The van der Waals surface area contributed by atoms with E-state index in [0.717, 1.165) is 59.5 Å². The van der Waals surface area contributed by atoms with Gasteiger partial charge in [-0.2, -0.15) is 0 Å². The van der Waals surface area contributed by atoms with Crippen LogP contribution >= 0.6 is 11.6 Å². The number of anilines is 2. The molecule has 0 unspecified atom stereocenters. The molecule has 0 fully saturated rings. The number of rotatable bonds is 9. The summed E-state index contributed by atoms with van der Waals surface area (Å²) in [5.74, 6) is 0. The van der Waals surface area contributed by atoms with Gasteiger partial charge in [0.15, 0.2) is 0 Å². The molecule has 0 N–H and O–H groups in total. The van der Waals surface area contributed by atoms with E-state index in [1.807, 2.05) is 30.3 Å². The van der Waals surface area contributed by atoms with Crippen molar-refractivity contribution in [2.24, 2.45) is 0 Å². The van der Waals surface area contributed by atoms with E-state index in [1.165, 1.54) is 5.70 Å². The molecule has 2 aromatic rings. The predicted octanol–water partition coefficient (Wildman–Crippen LogP) is 7.01. The molecule has 0 aliphatic rings. The summed E-state index contributed by atoms with van der Waals surface area (Å²) >= 11 is 6.64. The predicted molar refractivity (Wildman–Crippen MR) is 112 cm³/mol. The fourth-order valence-electron chi connectivity index (χ4n) is 3.22.